The van der Waals surface area contributed by atoms with Gasteiger partial charge < -0.3 is 10.0 Å². The van der Waals surface area contributed by atoms with Crippen LogP contribution >= 0.6 is 0 Å². The summed E-state index contributed by atoms with van der Waals surface area (Å²) in [6.07, 6.45) is -4.50. The number of aliphatic carboxylic acids is 1. The Balaban J connectivity index is 3.02. The maximum absolute atomic E-state index is 12.5. The second-order valence-electron chi connectivity index (χ2n) is 3.44. The van der Waals surface area contributed by atoms with Crippen molar-refractivity contribution in [2.45, 2.75) is 31.1 Å². The van der Waals surface area contributed by atoms with E-state index in [1.807, 2.05) is 0 Å². The van der Waals surface area contributed by atoms with Crippen LogP contribution in [0.25, 0.3) is 0 Å². The van der Waals surface area contributed by atoms with Crippen LogP contribution in [0.5, 0.6) is 0 Å². The summed E-state index contributed by atoms with van der Waals surface area (Å²) in [4.78, 5) is 22.3. The van der Waals surface area contributed by atoms with Gasteiger partial charge in [-0.1, -0.05) is 6.58 Å². The number of carbonyl (C=O) groups excluding carboxylic acids is 1. The van der Waals surface area contributed by atoms with Crippen molar-refractivity contribution in [1.82, 2.24) is 4.90 Å². The second kappa shape index (κ2) is 4.15. The molecule has 1 rings (SSSR count). The van der Waals surface area contributed by atoms with E-state index >= 15 is 0 Å². The van der Waals surface area contributed by atoms with Crippen molar-refractivity contribution < 1.29 is 27.9 Å². The number of likely N-dealkylation sites (tertiary alicyclic amines) is 1. The second-order valence-corrected chi connectivity index (χ2v) is 3.44. The number of nitrogens with zero attached hydrogens (tertiary/aromatic N) is 1. The molecular formula is C9H10F3NO3. The van der Waals surface area contributed by atoms with Gasteiger partial charge in [-0.15, -0.1) is 0 Å². The van der Waals surface area contributed by atoms with Crippen LogP contribution in [-0.4, -0.2) is 40.1 Å². The van der Waals surface area contributed by atoms with Crippen LogP contribution in [0.2, 0.25) is 0 Å². The molecule has 7 heteroatoms. The molecule has 0 radical (unpaired) electrons. The third-order valence-electron chi connectivity index (χ3n) is 2.48. The predicted molar refractivity (Wildman–Crippen MR) is 47.5 cm³/mol. The van der Waals surface area contributed by atoms with E-state index in [9.17, 15) is 22.8 Å². The van der Waals surface area contributed by atoms with E-state index in [-0.39, 0.29) is 12.8 Å². The van der Waals surface area contributed by atoms with Crippen molar-refractivity contribution in [1.29, 1.82) is 0 Å². The molecule has 1 saturated heterocycles. The first-order valence-electron chi connectivity index (χ1n) is 4.53. The Morgan fingerprint density at radius 2 is 1.94 bits per heavy atom. The zero-order chi connectivity index (χ0) is 12.5. The van der Waals surface area contributed by atoms with Gasteiger partial charge in [-0.3, -0.25) is 4.79 Å². The van der Waals surface area contributed by atoms with E-state index in [1.54, 1.807) is 0 Å². The summed E-state index contributed by atoms with van der Waals surface area (Å²) in [5.74, 6) is -2.44. The third kappa shape index (κ3) is 2.17. The molecule has 1 fully saturated rings. The van der Waals surface area contributed by atoms with Crippen LogP contribution in [0.3, 0.4) is 0 Å². The van der Waals surface area contributed by atoms with Crippen molar-refractivity contribution in [2.75, 3.05) is 0 Å². The molecule has 2 atom stereocenters. The van der Waals surface area contributed by atoms with Gasteiger partial charge in [0.1, 0.15) is 12.1 Å². The molecule has 16 heavy (non-hydrogen) atoms. The lowest BCUT2D eigenvalue weighted by atomic mass is 10.2. The standard InChI is InChI=1S/C9H10F3NO3/c1-2-7(14)13-5(8(15)16)3-4-6(13)9(10,11)12/h2,5-6H,1,3-4H2,(H,15,16). The highest BCUT2D eigenvalue weighted by atomic mass is 19.4. The fourth-order valence-corrected chi connectivity index (χ4v) is 1.79. The highest BCUT2D eigenvalue weighted by Gasteiger charge is 2.52. The van der Waals surface area contributed by atoms with Gasteiger partial charge in [-0.05, 0) is 18.9 Å². The SMILES string of the molecule is C=CC(=O)N1C(C(=O)O)CCC1C(F)(F)F. The Bertz CT molecular complexity index is 326. The molecule has 0 spiro atoms. The normalized spacial score (nSPS) is 25.6. The first kappa shape index (κ1) is 12.5. The molecule has 0 aromatic heterocycles. The topological polar surface area (TPSA) is 57.6 Å². The van der Waals surface area contributed by atoms with E-state index < -0.39 is 30.1 Å². The Hall–Kier alpha value is -1.53. The number of hydrogen-bond acceptors (Lipinski definition) is 2. The molecule has 0 aliphatic carbocycles. The van der Waals surface area contributed by atoms with E-state index in [0.717, 1.165) is 0 Å². The van der Waals surface area contributed by atoms with Gasteiger partial charge in [0.15, 0.2) is 0 Å². The Labute approximate surface area is 89.3 Å². The first-order chi connectivity index (χ1) is 7.29. The molecule has 90 valence electrons. The van der Waals surface area contributed by atoms with Crippen molar-refractivity contribution in [3.63, 3.8) is 0 Å². The smallest absolute Gasteiger partial charge is 0.408 e. The number of rotatable bonds is 2. The van der Waals surface area contributed by atoms with Gasteiger partial charge >= 0.3 is 12.1 Å². The molecule has 0 aromatic carbocycles. The highest BCUT2D eigenvalue weighted by molar-refractivity contribution is 5.91. The van der Waals surface area contributed by atoms with Crippen molar-refractivity contribution in [3.8, 4) is 0 Å². The molecule has 1 amide bonds. The quantitative estimate of drug-likeness (QED) is 0.733. The lowest BCUT2D eigenvalue weighted by Crippen LogP contribution is -2.49. The third-order valence-corrected chi connectivity index (χ3v) is 2.48. The zero-order valence-electron chi connectivity index (χ0n) is 8.20. The number of alkyl halides is 3. The molecular weight excluding hydrogens is 227 g/mol. The first-order valence-corrected chi connectivity index (χ1v) is 4.53. The molecule has 2 unspecified atom stereocenters. The number of hydrogen-bond donors (Lipinski definition) is 1. The molecule has 1 aliphatic rings. The predicted octanol–water partition coefficient (Wildman–Crippen LogP) is 1.18. The van der Waals surface area contributed by atoms with E-state index in [4.69, 9.17) is 5.11 Å². The van der Waals surface area contributed by atoms with E-state index in [0.29, 0.717) is 11.0 Å². The highest BCUT2D eigenvalue weighted by Crippen LogP contribution is 2.36. The number of amides is 1. The number of carboxylic acids is 1. The average molecular weight is 237 g/mol. The lowest BCUT2D eigenvalue weighted by Gasteiger charge is -2.28. The minimum absolute atomic E-state index is 0.195. The molecule has 0 aromatic rings. The van der Waals surface area contributed by atoms with E-state index in [1.165, 1.54) is 0 Å². The summed E-state index contributed by atoms with van der Waals surface area (Å²) >= 11 is 0. The average Bonchev–Trinajstić information content (AvgIpc) is 2.59. The monoisotopic (exact) mass is 237 g/mol. The molecule has 1 aliphatic heterocycles. The molecule has 4 nitrogen and oxygen atoms in total. The van der Waals surface area contributed by atoms with Crippen LogP contribution in [-0.2, 0) is 9.59 Å². The summed E-state index contributed by atoms with van der Waals surface area (Å²) in [6.45, 7) is 3.06. The van der Waals surface area contributed by atoms with Crippen LogP contribution < -0.4 is 0 Å². The van der Waals surface area contributed by atoms with Gasteiger partial charge in [-0.2, -0.15) is 13.2 Å². The van der Waals surface area contributed by atoms with E-state index in [2.05, 4.69) is 6.58 Å². The number of halogens is 3. The van der Waals surface area contributed by atoms with Crippen molar-refractivity contribution in [2.24, 2.45) is 0 Å². The van der Waals surface area contributed by atoms with Gasteiger partial charge in [0.05, 0.1) is 0 Å². The Morgan fingerprint density at radius 1 is 1.38 bits per heavy atom. The largest absolute Gasteiger partial charge is 0.480 e. The summed E-state index contributed by atoms with van der Waals surface area (Å²) in [5.41, 5.74) is 0. The Morgan fingerprint density at radius 3 is 2.31 bits per heavy atom. The molecule has 1 N–H and O–H groups in total. The van der Waals surface area contributed by atoms with Crippen LogP contribution in [0.1, 0.15) is 12.8 Å². The van der Waals surface area contributed by atoms with Gasteiger partial charge in [0.25, 0.3) is 0 Å². The minimum atomic E-state index is -4.61. The van der Waals surface area contributed by atoms with Gasteiger partial charge in [0, 0.05) is 0 Å². The fourth-order valence-electron chi connectivity index (χ4n) is 1.79. The fraction of sp³-hybridized carbons (Fsp3) is 0.556. The summed E-state index contributed by atoms with van der Waals surface area (Å²) < 4.78 is 37.6. The number of carboxylic acid groups (broad SMARTS) is 1. The van der Waals surface area contributed by atoms with Gasteiger partial charge in [-0.25, -0.2) is 4.79 Å². The Kier molecular flexibility index (Phi) is 3.25. The van der Waals surface area contributed by atoms with Crippen LogP contribution in [0.15, 0.2) is 12.7 Å². The summed E-state index contributed by atoms with van der Waals surface area (Å²) in [6, 6.07) is -3.45. The number of carbonyl (C=O) groups is 2. The minimum Gasteiger partial charge on any atom is -0.480 e. The molecule has 0 saturated carbocycles. The van der Waals surface area contributed by atoms with Crippen LogP contribution in [0.4, 0.5) is 13.2 Å². The molecule has 0 bridgehead atoms. The summed E-state index contributed by atoms with van der Waals surface area (Å²) in [5, 5.41) is 8.72. The lowest BCUT2D eigenvalue weighted by molar-refractivity contribution is -0.186. The zero-order valence-corrected chi connectivity index (χ0v) is 8.20. The van der Waals surface area contributed by atoms with Crippen molar-refractivity contribution in [3.05, 3.63) is 12.7 Å². The molecule has 1 heterocycles. The maximum Gasteiger partial charge on any atom is 0.408 e. The van der Waals surface area contributed by atoms with Crippen LogP contribution in [0, 0.1) is 0 Å². The van der Waals surface area contributed by atoms with Gasteiger partial charge in [0.2, 0.25) is 5.91 Å². The summed E-state index contributed by atoms with van der Waals surface area (Å²) in [7, 11) is 0. The maximum atomic E-state index is 12.5. The van der Waals surface area contributed by atoms with Crippen molar-refractivity contribution >= 4 is 11.9 Å².